The predicted molar refractivity (Wildman–Crippen MR) is 81.5 cm³/mol. The molecule has 1 fully saturated rings. The highest BCUT2D eigenvalue weighted by molar-refractivity contribution is 5.91. The van der Waals surface area contributed by atoms with Crippen LogP contribution in [0.5, 0.6) is 0 Å². The van der Waals surface area contributed by atoms with E-state index in [-0.39, 0.29) is 12.6 Å². The van der Waals surface area contributed by atoms with Gasteiger partial charge in [-0.3, -0.25) is 4.79 Å². The lowest BCUT2D eigenvalue weighted by Gasteiger charge is -2.23. The van der Waals surface area contributed by atoms with Crippen molar-refractivity contribution in [3.05, 3.63) is 29.3 Å². The summed E-state index contributed by atoms with van der Waals surface area (Å²) in [5.74, 6) is -0.813. The largest absolute Gasteiger partial charge is 0.481 e. The first-order valence-electron chi connectivity index (χ1n) is 7.25. The fourth-order valence-corrected chi connectivity index (χ4v) is 2.74. The fourth-order valence-electron chi connectivity index (χ4n) is 2.74. The molecule has 2 rings (SSSR count). The second-order valence-electron chi connectivity index (χ2n) is 5.79. The summed E-state index contributed by atoms with van der Waals surface area (Å²) in [4.78, 5) is 25.3. The van der Waals surface area contributed by atoms with Crippen molar-refractivity contribution >= 4 is 17.7 Å². The smallest absolute Gasteiger partial charge is 0.321 e. The van der Waals surface area contributed by atoms with Crippen molar-refractivity contribution in [2.45, 2.75) is 33.6 Å². The lowest BCUT2D eigenvalue weighted by molar-refractivity contribution is -0.148. The molecule has 0 aliphatic carbocycles. The standard InChI is InChI=1S/C16H22N2O3/c1-4-16(14(19)20)8-9-18(10-16)15(21)17-13-7-5-6-11(2)12(13)3/h5-7H,4,8-10H2,1-3H3,(H,17,21)(H,19,20). The van der Waals surface area contributed by atoms with Gasteiger partial charge in [-0.25, -0.2) is 4.79 Å². The molecule has 0 saturated carbocycles. The summed E-state index contributed by atoms with van der Waals surface area (Å²) >= 11 is 0. The van der Waals surface area contributed by atoms with Gasteiger partial charge in [0, 0.05) is 18.8 Å². The maximum atomic E-state index is 12.3. The Hall–Kier alpha value is -2.04. The first-order valence-corrected chi connectivity index (χ1v) is 7.25. The molecular formula is C16H22N2O3. The Morgan fingerprint density at radius 3 is 2.67 bits per heavy atom. The van der Waals surface area contributed by atoms with Crippen molar-refractivity contribution in [1.29, 1.82) is 0 Å². The van der Waals surface area contributed by atoms with E-state index in [1.54, 1.807) is 4.90 Å². The van der Waals surface area contributed by atoms with Crippen LogP contribution in [0, 0.1) is 19.3 Å². The molecule has 1 atom stereocenters. The molecule has 1 aliphatic heterocycles. The summed E-state index contributed by atoms with van der Waals surface area (Å²) in [5, 5.41) is 12.3. The average Bonchev–Trinajstić information content (AvgIpc) is 2.90. The Morgan fingerprint density at radius 1 is 1.38 bits per heavy atom. The molecule has 0 bridgehead atoms. The van der Waals surface area contributed by atoms with Crippen molar-refractivity contribution in [2.24, 2.45) is 5.41 Å². The highest BCUT2D eigenvalue weighted by Gasteiger charge is 2.44. The van der Waals surface area contributed by atoms with E-state index in [9.17, 15) is 14.7 Å². The molecule has 114 valence electrons. The molecule has 5 nitrogen and oxygen atoms in total. The number of carboxylic acids is 1. The van der Waals surface area contributed by atoms with E-state index in [0.29, 0.717) is 19.4 Å². The van der Waals surface area contributed by atoms with Gasteiger partial charge in [-0.1, -0.05) is 19.1 Å². The Bertz CT molecular complexity index is 571. The summed E-state index contributed by atoms with van der Waals surface area (Å²) in [6, 6.07) is 5.53. The van der Waals surface area contributed by atoms with Crippen LogP contribution in [0.3, 0.4) is 0 Å². The van der Waals surface area contributed by atoms with Gasteiger partial charge in [0.1, 0.15) is 0 Å². The van der Waals surface area contributed by atoms with E-state index in [0.717, 1.165) is 16.8 Å². The number of hydrogen-bond donors (Lipinski definition) is 2. The molecule has 1 aromatic carbocycles. The number of carboxylic acid groups (broad SMARTS) is 1. The first-order chi connectivity index (χ1) is 9.89. The Kier molecular flexibility index (Phi) is 4.21. The fraction of sp³-hybridized carbons (Fsp3) is 0.500. The van der Waals surface area contributed by atoms with E-state index < -0.39 is 11.4 Å². The van der Waals surface area contributed by atoms with Gasteiger partial charge in [0.15, 0.2) is 0 Å². The zero-order valence-corrected chi connectivity index (χ0v) is 12.8. The van der Waals surface area contributed by atoms with Gasteiger partial charge in [0.05, 0.1) is 5.41 Å². The van der Waals surface area contributed by atoms with E-state index in [1.165, 1.54) is 0 Å². The van der Waals surface area contributed by atoms with Crippen molar-refractivity contribution < 1.29 is 14.7 Å². The number of rotatable bonds is 3. The summed E-state index contributed by atoms with van der Waals surface area (Å²) in [6.45, 7) is 6.57. The first kappa shape index (κ1) is 15.4. The lowest BCUT2D eigenvalue weighted by atomic mass is 9.84. The van der Waals surface area contributed by atoms with Crippen molar-refractivity contribution in [3.63, 3.8) is 0 Å². The Balaban J connectivity index is 2.09. The van der Waals surface area contributed by atoms with Gasteiger partial charge < -0.3 is 15.3 Å². The van der Waals surface area contributed by atoms with Crippen LogP contribution in [0.4, 0.5) is 10.5 Å². The Morgan fingerprint density at radius 2 is 2.10 bits per heavy atom. The molecule has 21 heavy (non-hydrogen) atoms. The van der Waals surface area contributed by atoms with E-state index in [1.807, 2.05) is 39.0 Å². The number of aryl methyl sites for hydroxylation is 1. The van der Waals surface area contributed by atoms with Crippen LogP contribution >= 0.6 is 0 Å². The van der Waals surface area contributed by atoms with Gasteiger partial charge in [0.2, 0.25) is 0 Å². The van der Waals surface area contributed by atoms with Gasteiger partial charge in [-0.05, 0) is 43.9 Å². The van der Waals surface area contributed by atoms with Crippen molar-refractivity contribution in [3.8, 4) is 0 Å². The zero-order valence-electron chi connectivity index (χ0n) is 12.8. The number of amides is 2. The summed E-state index contributed by atoms with van der Waals surface area (Å²) in [6.07, 6.45) is 1.05. The zero-order chi connectivity index (χ0) is 15.6. The van der Waals surface area contributed by atoms with Crippen LogP contribution in [-0.4, -0.2) is 35.1 Å². The third kappa shape index (κ3) is 2.86. The normalized spacial score (nSPS) is 21.4. The minimum Gasteiger partial charge on any atom is -0.481 e. The van der Waals surface area contributed by atoms with Crippen LogP contribution < -0.4 is 5.32 Å². The van der Waals surface area contributed by atoms with E-state index in [4.69, 9.17) is 0 Å². The maximum Gasteiger partial charge on any atom is 0.321 e. The van der Waals surface area contributed by atoms with Crippen LogP contribution in [-0.2, 0) is 4.79 Å². The second-order valence-corrected chi connectivity index (χ2v) is 5.79. The van der Waals surface area contributed by atoms with Gasteiger partial charge in [0.25, 0.3) is 0 Å². The van der Waals surface area contributed by atoms with Crippen LogP contribution in [0.1, 0.15) is 30.9 Å². The molecular weight excluding hydrogens is 268 g/mol. The number of nitrogens with zero attached hydrogens (tertiary/aromatic N) is 1. The number of urea groups is 1. The predicted octanol–water partition coefficient (Wildman–Crippen LogP) is 3.02. The lowest BCUT2D eigenvalue weighted by Crippen LogP contribution is -2.38. The summed E-state index contributed by atoms with van der Waals surface area (Å²) < 4.78 is 0. The number of likely N-dealkylation sites (tertiary alicyclic amines) is 1. The third-order valence-electron chi connectivity index (χ3n) is 4.62. The highest BCUT2D eigenvalue weighted by Crippen LogP contribution is 2.34. The number of carbonyl (C=O) groups is 2. The molecule has 0 aromatic heterocycles. The van der Waals surface area contributed by atoms with Crippen LogP contribution in [0.15, 0.2) is 18.2 Å². The molecule has 2 N–H and O–H groups in total. The molecule has 1 aliphatic rings. The number of benzene rings is 1. The SMILES string of the molecule is CCC1(C(=O)O)CCN(C(=O)Nc2cccc(C)c2C)C1. The van der Waals surface area contributed by atoms with Gasteiger partial charge in [-0.2, -0.15) is 0 Å². The van der Waals surface area contributed by atoms with Crippen molar-refractivity contribution in [2.75, 3.05) is 18.4 Å². The minimum absolute atomic E-state index is 0.222. The van der Waals surface area contributed by atoms with E-state index >= 15 is 0 Å². The number of anilines is 1. The molecule has 5 heteroatoms. The molecule has 1 saturated heterocycles. The number of nitrogens with one attached hydrogen (secondary N) is 1. The van der Waals surface area contributed by atoms with Crippen molar-refractivity contribution in [1.82, 2.24) is 4.90 Å². The number of aliphatic carboxylic acids is 1. The monoisotopic (exact) mass is 290 g/mol. The van der Waals surface area contributed by atoms with Crippen LogP contribution in [0.25, 0.3) is 0 Å². The van der Waals surface area contributed by atoms with Gasteiger partial charge in [-0.15, -0.1) is 0 Å². The maximum absolute atomic E-state index is 12.3. The molecule has 1 heterocycles. The van der Waals surface area contributed by atoms with E-state index in [2.05, 4.69) is 5.32 Å². The highest BCUT2D eigenvalue weighted by atomic mass is 16.4. The molecule has 1 aromatic rings. The van der Waals surface area contributed by atoms with Crippen LogP contribution in [0.2, 0.25) is 0 Å². The minimum atomic E-state index is -0.813. The summed E-state index contributed by atoms with van der Waals surface area (Å²) in [7, 11) is 0. The number of hydrogen-bond acceptors (Lipinski definition) is 2. The van der Waals surface area contributed by atoms with Gasteiger partial charge >= 0.3 is 12.0 Å². The topological polar surface area (TPSA) is 69.6 Å². The second kappa shape index (κ2) is 5.76. The molecule has 2 amide bonds. The third-order valence-corrected chi connectivity index (χ3v) is 4.62. The molecule has 1 unspecified atom stereocenters. The quantitative estimate of drug-likeness (QED) is 0.899. The molecule has 0 spiro atoms. The Labute approximate surface area is 125 Å². The molecule has 0 radical (unpaired) electrons. The summed E-state index contributed by atoms with van der Waals surface area (Å²) in [5.41, 5.74) is 2.14. The number of carbonyl (C=O) groups excluding carboxylic acids is 1. The average molecular weight is 290 g/mol.